The van der Waals surface area contributed by atoms with Gasteiger partial charge in [-0.05, 0) is 0 Å². The molecule has 0 saturated carbocycles. The fourth-order valence-electron chi connectivity index (χ4n) is 1.42. The number of carboxylic acid groups (broad SMARTS) is 2. The molecule has 0 fully saturated rings. The van der Waals surface area contributed by atoms with Crippen LogP contribution in [-0.4, -0.2) is 27.6 Å². The first kappa shape index (κ1) is 23.0. The van der Waals surface area contributed by atoms with Crippen LogP contribution in [-0.2, 0) is 9.59 Å². The molecule has 0 spiro atoms. The minimum Gasteiger partial charge on any atom is -0.481 e. The second-order valence-corrected chi connectivity index (χ2v) is 4.41. The van der Waals surface area contributed by atoms with Crippen LogP contribution >= 0.6 is 0 Å². The standard InChI is InChI=1S/C10H22.C4H6O4.H2O/c1-3-5-7-9-10-8-6-4-2;5-3(6)1-2-4(7)8;/h3-10H2,1-2H3;1-2H2,(H,5,6)(H,7,8);1H2. The van der Waals surface area contributed by atoms with Gasteiger partial charge >= 0.3 is 11.9 Å². The molecule has 0 aliphatic carbocycles. The summed E-state index contributed by atoms with van der Waals surface area (Å²) in [4.78, 5) is 19.3. The highest BCUT2D eigenvalue weighted by molar-refractivity contribution is 5.75. The predicted molar refractivity (Wildman–Crippen MR) is 76.4 cm³/mol. The van der Waals surface area contributed by atoms with Crippen molar-refractivity contribution < 1.29 is 25.3 Å². The van der Waals surface area contributed by atoms with E-state index in [2.05, 4.69) is 13.8 Å². The van der Waals surface area contributed by atoms with Crippen LogP contribution in [0.15, 0.2) is 0 Å². The molecule has 0 saturated heterocycles. The summed E-state index contributed by atoms with van der Waals surface area (Å²) in [5, 5.41) is 15.8. The van der Waals surface area contributed by atoms with Gasteiger partial charge in [-0.2, -0.15) is 0 Å². The maximum absolute atomic E-state index is 9.64. The number of rotatable bonds is 10. The van der Waals surface area contributed by atoms with Crippen molar-refractivity contribution in [3.63, 3.8) is 0 Å². The van der Waals surface area contributed by atoms with Crippen LogP contribution in [0.25, 0.3) is 0 Å². The molecule has 4 N–H and O–H groups in total. The lowest BCUT2D eigenvalue weighted by molar-refractivity contribution is -0.143. The summed E-state index contributed by atoms with van der Waals surface area (Å²) in [6.07, 6.45) is 10.9. The maximum atomic E-state index is 9.64. The smallest absolute Gasteiger partial charge is 0.303 e. The molecule has 116 valence electrons. The number of carbonyl (C=O) groups is 2. The van der Waals surface area contributed by atoms with Crippen molar-refractivity contribution in [2.24, 2.45) is 0 Å². The van der Waals surface area contributed by atoms with E-state index in [0.717, 1.165) is 0 Å². The topological polar surface area (TPSA) is 106 Å². The molecular formula is C14H30O5. The molecule has 5 nitrogen and oxygen atoms in total. The van der Waals surface area contributed by atoms with Gasteiger partial charge in [0.25, 0.3) is 0 Å². The van der Waals surface area contributed by atoms with Gasteiger partial charge in [0.2, 0.25) is 0 Å². The van der Waals surface area contributed by atoms with Gasteiger partial charge in [-0.25, -0.2) is 0 Å². The predicted octanol–water partition coefficient (Wildman–Crippen LogP) is 3.26. The zero-order chi connectivity index (χ0) is 14.2. The van der Waals surface area contributed by atoms with Crippen LogP contribution in [0.1, 0.15) is 78.1 Å². The van der Waals surface area contributed by atoms with Gasteiger partial charge in [-0.3, -0.25) is 9.59 Å². The highest BCUT2D eigenvalue weighted by Crippen LogP contribution is 2.07. The van der Waals surface area contributed by atoms with E-state index in [0.29, 0.717) is 0 Å². The van der Waals surface area contributed by atoms with Gasteiger partial charge < -0.3 is 15.7 Å². The third-order valence-corrected chi connectivity index (χ3v) is 2.51. The Kier molecular flexibility index (Phi) is 23.3. The van der Waals surface area contributed by atoms with Crippen molar-refractivity contribution in [1.82, 2.24) is 0 Å². The molecule has 0 unspecified atom stereocenters. The molecule has 19 heavy (non-hydrogen) atoms. The molecule has 0 heterocycles. The zero-order valence-electron chi connectivity index (χ0n) is 12.3. The summed E-state index contributed by atoms with van der Waals surface area (Å²) in [6, 6.07) is 0. The molecule has 5 heteroatoms. The largest absolute Gasteiger partial charge is 0.481 e. The second-order valence-electron chi connectivity index (χ2n) is 4.41. The molecular weight excluding hydrogens is 248 g/mol. The molecule has 0 atom stereocenters. The summed E-state index contributed by atoms with van der Waals surface area (Å²) < 4.78 is 0. The van der Waals surface area contributed by atoms with Crippen molar-refractivity contribution in [1.29, 1.82) is 0 Å². The van der Waals surface area contributed by atoms with E-state index in [9.17, 15) is 9.59 Å². The first-order chi connectivity index (χ1) is 8.54. The van der Waals surface area contributed by atoms with Gasteiger partial charge in [0.15, 0.2) is 0 Å². The fourth-order valence-corrected chi connectivity index (χ4v) is 1.42. The van der Waals surface area contributed by atoms with Crippen LogP contribution in [0.2, 0.25) is 0 Å². The van der Waals surface area contributed by atoms with E-state index in [1.807, 2.05) is 0 Å². The second kappa shape index (κ2) is 19.2. The number of hydrogen-bond donors (Lipinski definition) is 2. The number of unbranched alkanes of at least 4 members (excludes halogenated alkanes) is 7. The minimum atomic E-state index is -1.08. The third-order valence-electron chi connectivity index (χ3n) is 2.51. The van der Waals surface area contributed by atoms with Gasteiger partial charge in [0.1, 0.15) is 0 Å². The molecule has 0 aliphatic rings. The van der Waals surface area contributed by atoms with Crippen LogP contribution in [0.3, 0.4) is 0 Å². The molecule has 0 bridgehead atoms. The molecule has 0 amide bonds. The molecule has 0 aromatic rings. The van der Waals surface area contributed by atoms with Gasteiger partial charge in [0, 0.05) is 0 Å². The van der Waals surface area contributed by atoms with Crippen LogP contribution in [0, 0.1) is 0 Å². The Balaban J connectivity index is -0.000000262. The Morgan fingerprint density at radius 1 is 0.684 bits per heavy atom. The van der Waals surface area contributed by atoms with Crippen molar-refractivity contribution in [2.75, 3.05) is 0 Å². The van der Waals surface area contributed by atoms with Crippen molar-refractivity contribution >= 4 is 11.9 Å². The summed E-state index contributed by atoms with van der Waals surface area (Å²) >= 11 is 0. The minimum absolute atomic E-state index is 0. The van der Waals surface area contributed by atoms with E-state index >= 15 is 0 Å². The van der Waals surface area contributed by atoms with E-state index < -0.39 is 11.9 Å². The van der Waals surface area contributed by atoms with E-state index in [4.69, 9.17) is 10.2 Å². The van der Waals surface area contributed by atoms with Crippen molar-refractivity contribution in [3.8, 4) is 0 Å². The monoisotopic (exact) mass is 278 g/mol. The van der Waals surface area contributed by atoms with Gasteiger partial charge in [0.05, 0.1) is 12.8 Å². The average Bonchev–Trinajstić information content (AvgIpc) is 2.32. The number of aliphatic carboxylic acids is 2. The van der Waals surface area contributed by atoms with Gasteiger partial charge in [-0.15, -0.1) is 0 Å². The molecule has 0 aromatic carbocycles. The summed E-state index contributed by atoms with van der Waals surface area (Å²) in [6.45, 7) is 4.54. The van der Waals surface area contributed by atoms with Crippen LogP contribution in [0.4, 0.5) is 0 Å². The van der Waals surface area contributed by atoms with Crippen LogP contribution in [0.5, 0.6) is 0 Å². The van der Waals surface area contributed by atoms with Gasteiger partial charge in [-0.1, -0.05) is 65.2 Å². The van der Waals surface area contributed by atoms with E-state index in [1.165, 1.54) is 51.4 Å². The van der Waals surface area contributed by atoms with Crippen LogP contribution < -0.4 is 0 Å². The lowest BCUT2D eigenvalue weighted by Gasteiger charge is -1.97. The zero-order valence-corrected chi connectivity index (χ0v) is 12.3. The molecule has 0 aliphatic heterocycles. The Morgan fingerprint density at radius 3 is 1.16 bits per heavy atom. The number of carboxylic acids is 2. The quantitative estimate of drug-likeness (QED) is 0.598. The fraction of sp³-hybridized carbons (Fsp3) is 0.857. The van der Waals surface area contributed by atoms with Crippen molar-refractivity contribution in [2.45, 2.75) is 78.1 Å². The van der Waals surface area contributed by atoms with E-state index in [-0.39, 0.29) is 18.3 Å². The first-order valence-corrected chi connectivity index (χ1v) is 6.98. The third kappa shape index (κ3) is 31.6. The summed E-state index contributed by atoms with van der Waals surface area (Å²) in [5.74, 6) is -2.15. The molecule has 0 rings (SSSR count). The molecule has 0 aromatic heterocycles. The maximum Gasteiger partial charge on any atom is 0.303 e. The Bertz CT molecular complexity index is 182. The first-order valence-electron chi connectivity index (χ1n) is 6.98. The Labute approximate surface area is 116 Å². The number of hydrogen-bond acceptors (Lipinski definition) is 2. The molecule has 0 radical (unpaired) electrons. The highest BCUT2D eigenvalue weighted by atomic mass is 16.4. The Hall–Kier alpha value is -1.10. The average molecular weight is 278 g/mol. The van der Waals surface area contributed by atoms with Crippen molar-refractivity contribution in [3.05, 3.63) is 0 Å². The highest BCUT2D eigenvalue weighted by Gasteiger charge is 2.00. The SMILES string of the molecule is CCCCCCCCCC.O.O=C(O)CCC(=O)O. The lowest BCUT2D eigenvalue weighted by atomic mass is 10.1. The summed E-state index contributed by atoms with van der Waals surface area (Å²) in [7, 11) is 0. The normalized spacial score (nSPS) is 8.95. The Morgan fingerprint density at radius 2 is 0.947 bits per heavy atom. The lowest BCUT2D eigenvalue weighted by Crippen LogP contribution is -2.00. The summed E-state index contributed by atoms with van der Waals surface area (Å²) in [5.41, 5.74) is 0. The van der Waals surface area contributed by atoms with E-state index in [1.54, 1.807) is 0 Å².